The Morgan fingerprint density at radius 1 is 1.33 bits per heavy atom. The second-order valence-corrected chi connectivity index (χ2v) is 8.46. The zero-order valence-corrected chi connectivity index (χ0v) is 16.6. The van der Waals surface area contributed by atoms with Gasteiger partial charge in [-0.25, -0.2) is 0 Å². The summed E-state index contributed by atoms with van der Waals surface area (Å²) in [7, 11) is 0. The first-order chi connectivity index (χ1) is 13.2. The summed E-state index contributed by atoms with van der Waals surface area (Å²) >= 11 is 0. The van der Waals surface area contributed by atoms with Gasteiger partial charge < -0.3 is 15.3 Å². The summed E-state index contributed by atoms with van der Waals surface area (Å²) in [6.45, 7) is 3.97. The van der Waals surface area contributed by atoms with Crippen LogP contribution in [-0.4, -0.2) is 39.3 Å². The molecule has 0 radical (unpaired) electrons. The average Bonchev–Trinajstić information content (AvgIpc) is 3.35. The van der Waals surface area contributed by atoms with Crippen molar-refractivity contribution in [3.63, 3.8) is 0 Å². The van der Waals surface area contributed by atoms with Gasteiger partial charge in [-0.2, -0.15) is 0 Å². The number of unbranched alkanes of at least 4 members (excludes halogenated alkanes) is 1. The van der Waals surface area contributed by atoms with E-state index in [0.717, 1.165) is 25.7 Å². The number of carboxylic acid groups (broad SMARTS) is 1. The summed E-state index contributed by atoms with van der Waals surface area (Å²) in [5, 5.41) is 29.7. The highest BCUT2D eigenvalue weighted by molar-refractivity contribution is 5.84. The highest BCUT2D eigenvalue weighted by Gasteiger charge is 2.42. The topological polar surface area (TPSA) is 94.8 Å². The van der Waals surface area contributed by atoms with Crippen molar-refractivity contribution < 1.29 is 26.3 Å². The number of aliphatic carboxylic acids is 1. The number of rotatable bonds is 12. The lowest BCUT2D eigenvalue weighted by atomic mass is 9.84. The molecule has 0 heterocycles. The lowest BCUT2D eigenvalue weighted by molar-refractivity contribution is -0.138. The van der Waals surface area contributed by atoms with E-state index < -0.39 is 18.2 Å². The van der Waals surface area contributed by atoms with Gasteiger partial charge in [0.25, 0.3) is 0 Å². The Labute approximate surface area is 164 Å². The molecule has 0 unspecified atom stereocenters. The number of ketones is 1. The van der Waals surface area contributed by atoms with Gasteiger partial charge in [0, 0.05) is 12.3 Å². The molecule has 0 aromatic heterocycles. The molecule has 0 aromatic carbocycles. The molecular weight excluding hydrogens is 344 g/mol. The van der Waals surface area contributed by atoms with E-state index in [1.54, 1.807) is 0 Å². The zero-order chi connectivity index (χ0) is 20.9. The molecule has 0 bridgehead atoms. The van der Waals surface area contributed by atoms with Crippen LogP contribution in [0.2, 0.25) is 0 Å². The molecular formula is C22H36O5. The molecule has 0 aliphatic heterocycles. The largest absolute Gasteiger partial charge is 0.481 e. The standard InChI is InChI=1S/C22H36O5/c1-3-4-7-14(2)19(23)11-10-17-16(20(24)13-21(17)25)9-6-5-8-15-12-18(15)22(26)27/h5-6,14-19,21,23,25H,3-4,7-13H2,1-2H3,(H,26,27)/t14-,15-,16-,17-,18-,19-,21-/m1/s1/i19D. The quantitative estimate of drug-likeness (QED) is 0.449. The van der Waals surface area contributed by atoms with Crippen molar-refractivity contribution in [2.24, 2.45) is 29.6 Å². The van der Waals surface area contributed by atoms with Crippen molar-refractivity contribution in [1.82, 2.24) is 0 Å². The minimum absolute atomic E-state index is 0.0459. The van der Waals surface area contributed by atoms with Gasteiger partial charge in [-0.3, -0.25) is 9.59 Å². The fourth-order valence-electron chi connectivity index (χ4n) is 4.28. The first-order valence-corrected chi connectivity index (χ1v) is 10.5. The van der Waals surface area contributed by atoms with E-state index in [0.29, 0.717) is 19.3 Å². The average molecular weight is 382 g/mol. The zero-order valence-electron chi connectivity index (χ0n) is 17.6. The Morgan fingerprint density at radius 3 is 2.67 bits per heavy atom. The van der Waals surface area contributed by atoms with Crippen LogP contribution in [0.3, 0.4) is 0 Å². The van der Waals surface area contributed by atoms with Crippen molar-refractivity contribution in [3.05, 3.63) is 12.2 Å². The number of aliphatic hydroxyl groups is 2. The lowest BCUT2D eigenvalue weighted by Crippen LogP contribution is -2.24. The minimum Gasteiger partial charge on any atom is -0.481 e. The van der Waals surface area contributed by atoms with Gasteiger partial charge in [0.1, 0.15) is 5.78 Å². The molecule has 2 fully saturated rings. The summed E-state index contributed by atoms with van der Waals surface area (Å²) in [5.74, 6) is -1.34. The molecule has 2 saturated carbocycles. The van der Waals surface area contributed by atoms with Crippen LogP contribution < -0.4 is 0 Å². The fourth-order valence-corrected chi connectivity index (χ4v) is 4.28. The van der Waals surface area contributed by atoms with Crippen LogP contribution >= 0.6 is 0 Å². The predicted octanol–water partition coefficient (Wildman–Crippen LogP) is 3.58. The van der Waals surface area contributed by atoms with Gasteiger partial charge in [0.05, 0.1) is 19.5 Å². The Balaban J connectivity index is 1.84. The minimum atomic E-state index is -1.53. The van der Waals surface area contributed by atoms with E-state index in [1.807, 2.05) is 19.1 Å². The lowest BCUT2D eigenvalue weighted by Gasteiger charge is -2.24. The number of carboxylic acids is 1. The van der Waals surface area contributed by atoms with Gasteiger partial charge in [0.2, 0.25) is 0 Å². The number of carbonyl (C=O) groups excluding carboxylic acids is 1. The van der Waals surface area contributed by atoms with E-state index in [-0.39, 0.29) is 48.2 Å². The van der Waals surface area contributed by atoms with Crippen molar-refractivity contribution in [1.29, 1.82) is 0 Å². The Morgan fingerprint density at radius 2 is 2.04 bits per heavy atom. The Hall–Kier alpha value is -1.20. The van der Waals surface area contributed by atoms with Crippen LogP contribution in [0.4, 0.5) is 0 Å². The van der Waals surface area contributed by atoms with E-state index in [9.17, 15) is 19.8 Å². The summed E-state index contributed by atoms with van der Waals surface area (Å²) in [6, 6.07) is 0. The normalized spacial score (nSPS) is 34.4. The molecule has 0 spiro atoms. The van der Waals surface area contributed by atoms with Crippen LogP contribution in [0.5, 0.6) is 0 Å². The highest BCUT2D eigenvalue weighted by atomic mass is 16.4. The van der Waals surface area contributed by atoms with Crippen LogP contribution in [0.25, 0.3) is 0 Å². The van der Waals surface area contributed by atoms with E-state index in [1.165, 1.54) is 0 Å². The molecule has 2 aliphatic rings. The molecule has 0 aromatic rings. The molecule has 2 aliphatic carbocycles. The molecule has 5 heteroatoms. The third kappa shape index (κ3) is 6.42. The number of carbonyl (C=O) groups is 2. The molecule has 5 nitrogen and oxygen atoms in total. The molecule has 2 rings (SSSR count). The third-order valence-corrected chi connectivity index (χ3v) is 6.36. The summed E-state index contributed by atoms with van der Waals surface area (Å²) in [6.07, 6.45) is 7.30. The Bertz CT molecular complexity index is 573. The number of aliphatic hydroxyl groups excluding tert-OH is 1. The molecule has 3 N–H and O–H groups in total. The molecule has 0 amide bonds. The summed E-state index contributed by atoms with van der Waals surface area (Å²) < 4.78 is 8.26. The maximum atomic E-state index is 12.3. The number of Topliss-reactive ketones (excluding diaryl/α,β-unsaturated/α-hetero) is 1. The van der Waals surface area contributed by atoms with Gasteiger partial charge in [0.15, 0.2) is 0 Å². The van der Waals surface area contributed by atoms with Gasteiger partial charge >= 0.3 is 5.97 Å². The number of hydrogen-bond acceptors (Lipinski definition) is 4. The smallest absolute Gasteiger partial charge is 0.306 e. The molecule has 7 atom stereocenters. The molecule has 154 valence electrons. The van der Waals surface area contributed by atoms with E-state index in [2.05, 4.69) is 6.92 Å². The van der Waals surface area contributed by atoms with Crippen molar-refractivity contribution in [3.8, 4) is 0 Å². The predicted molar refractivity (Wildman–Crippen MR) is 104 cm³/mol. The number of allylic oxidation sites excluding steroid dienone is 2. The Kier molecular flexibility index (Phi) is 7.89. The van der Waals surface area contributed by atoms with Crippen LogP contribution in [-0.2, 0) is 9.59 Å². The first-order valence-electron chi connectivity index (χ1n) is 11.0. The third-order valence-electron chi connectivity index (χ3n) is 6.36. The second-order valence-electron chi connectivity index (χ2n) is 8.46. The molecule has 27 heavy (non-hydrogen) atoms. The monoisotopic (exact) mass is 381 g/mol. The fraction of sp³-hybridized carbons (Fsp3) is 0.818. The van der Waals surface area contributed by atoms with Crippen LogP contribution in [0.1, 0.15) is 73.0 Å². The second kappa shape index (κ2) is 10.4. The maximum absolute atomic E-state index is 12.3. The summed E-state index contributed by atoms with van der Waals surface area (Å²) in [5.41, 5.74) is 0. The maximum Gasteiger partial charge on any atom is 0.306 e. The molecule has 0 saturated heterocycles. The van der Waals surface area contributed by atoms with Gasteiger partial charge in [-0.15, -0.1) is 0 Å². The van der Waals surface area contributed by atoms with Gasteiger partial charge in [-0.1, -0.05) is 38.8 Å². The summed E-state index contributed by atoms with van der Waals surface area (Å²) in [4.78, 5) is 23.2. The van der Waals surface area contributed by atoms with Gasteiger partial charge in [-0.05, 0) is 56.3 Å². The van der Waals surface area contributed by atoms with Crippen molar-refractivity contribution in [2.45, 2.75) is 83.8 Å². The van der Waals surface area contributed by atoms with Crippen molar-refractivity contribution >= 4 is 11.8 Å². The van der Waals surface area contributed by atoms with Crippen LogP contribution in [0.15, 0.2) is 12.2 Å². The SMILES string of the molecule is [2H][C@@](O)(CC[C@H]1[C@H](O)CC(=O)[C@@H]1CC=CC[C@@H]1C[C@H]1C(=O)O)[C@H](C)CCCC. The van der Waals surface area contributed by atoms with Crippen LogP contribution in [0, 0.1) is 29.6 Å². The van der Waals surface area contributed by atoms with E-state index in [4.69, 9.17) is 6.48 Å². The number of hydrogen-bond donors (Lipinski definition) is 3. The highest BCUT2D eigenvalue weighted by Crippen LogP contribution is 2.42. The van der Waals surface area contributed by atoms with Crippen molar-refractivity contribution in [2.75, 3.05) is 0 Å². The van der Waals surface area contributed by atoms with E-state index >= 15 is 0 Å². The first kappa shape index (κ1) is 20.5.